The molecule has 2 atom stereocenters. The van der Waals surface area contributed by atoms with Crippen molar-refractivity contribution in [3.05, 3.63) is 59.3 Å². The van der Waals surface area contributed by atoms with Crippen LogP contribution in [0.1, 0.15) is 48.6 Å². The SMILES string of the molecule is O=C(O)[C@@H](CCOCCCCc1ccc2c(n1)NCCC2)NC(=O)[C@H](O)c1ccccc1. The molecule has 0 unspecified atom stereocenters. The smallest absolute Gasteiger partial charge is 0.326 e. The standard InChI is InChI=1S/C24H31N3O5/c28-21(17-7-2-1-3-8-17)23(29)27-20(24(30)31)13-16-32-15-5-4-10-19-12-11-18-9-6-14-25-22(18)26-19/h1-3,7-8,11-12,20-21,28H,4-6,9-10,13-16H2,(H,25,26)(H,27,29)(H,30,31)/t20-,21-/m1/s1. The van der Waals surface area contributed by atoms with Crippen molar-refractivity contribution in [2.45, 2.75) is 50.7 Å². The first-order chi connectivity index (χ1) is 15.5. The molecule has 0 aliphatic carbocycles. The number of fused-ring (bicyclic) bond motifs is 1. The fourth-order valence-electron chi connectivity index (χ4n) is 3.62. The number of carbonyl (C=O) groups is 2. The highest BCUT2D eigenvalue weighted by atomic mass is 16.5. The van der Waals surface area contributed by atoms with E-state index in [2.05, 4.69) is 27.8 Å². The molecular weight excluding hydrogens is 410 g/mol. The molecule has 0 radical (unpaired) electrons. The molecule has 172 valence electrons. The van der Waals surface area contributed by atoms with Crippen molar-refractivity contribution in [2.75, 3.05) is 25.1 Å². The van der Waals surface area contributed by atoms with E-state index in [-0.39, 0.29) is 13.0 Å². The Morgan fingerprint density at radius 2 is 1.94 bits per heavy atom. The van der Waals surface area contributed by atoms with Crippen molar-refractivity contribution in [3.8, 4) is 0 Å². The molecule has 0 saturated carbocycles. The minimum atomic E-state index is -1.41. The molecule has 3 rings (SSSR count). The molecule has 8 nitrogen and oxygen atoms in total. The van der Waals surface area contributed by atoms with Crippen LogP contribution in [0.25, 0.3) is 0 Å². The highest BCUT2D eigenvalue weighted by Crippen LogP contribution is 2.20. The van der Waals surface area contributed by atoms with E-state index in [4.69, 9.17) is 4.74 Å². The normalized spacial score (nSPS) is 14.7. The molecule has 4 N–H and O–H groups in total. The van der Waals surface area contributed by atoms with Crippen LogP contribution in [0.2, 0.25) is 0 Å². The lowest BCUT2D eigenvalue weighted by Gasteiger charge is -2.18. The topological polar surface area (TPSA) is 121 Å². The van der Waals surface area contributed by atoms with Crippen LogP contribution < -0.4 is 10.6 Å². The molecule has 1 amide bonds. The number of anilines is 1. The van der Waals surface area contributed by atoms with Gasteiger partial charge >= 0.3 is 5.97 Å². The molecule has 1 aromatic carbocycles. The maximum Gasteiger partial charge on any atom is 0.326 e. The van der Waals surface area contributed by atoms with Crippen molar-refractivity contribution in [1.82, 2.24) is 10.3 Å². The van der Waals surface area contributed by atoms with Crippen molar-refractivity contribution in [3.63, 3.8) is 0 Å². The Morgan fingerprint density at radius 1 is 1.12 bits per heavy atom. The average molecular weight is 442 g/mol. The summed E-state index contributed by atoms with van der Waals surface area (Å²) >= 11 is 0. The molecule has 2 heterocycles. The van der Waals surface area contributed by atoms with Crippen molar-refractivity contribution < 1.29 is 24.5 Å². The highest BCUT2D eigenvalue weighted by molar-refractivity contribution is 5.86. The summed E-state index contributed by atoms with van der Waals surface area (Å²) in [6.07, 6.45) is 3.56. The number of nitrogens with one attached hydrogen (secondary N) is 2. The summed E-state index contributed by atoms with van der Waals surface area (Å²) in [5.41, 5.74) is 2.75. The number of amides is 1. The van der Waals surface area contributed by atoms with Crippen molar-refractivity contribution in [2.24, 2.45) is 0 Å². The zero-order chi connectivity index (χ0) is 22.8. The molecule has 1 aliphatic rings. The summed E-state index contributed by atoms with van der Waals surface area (Å²) in [5.74, 6) is -0.894. The van der Waals surface area contributed by atoms with Crippen molar-refractivity contribution in [1.29, 1.82) is 0 Å². The van der Waals surface area contributed by atoms with Crippen LogP contribution in [0.5, 0.6) is 0 Å². The Kier molecular flexibility index (Phi) is 9.01. The number of rotatable bonds is 12. The number of aliphatic hydroxyl groups is 1. The van der Waals surface area contributed by atoms with E-state index >= 15 is 0 Å². The van der Waals surface area contributed by atoms with Gasteiger partial charge < -0.3 is 25.6 Å². The van der Waals surface area contributed by atoms with Gasteiger partial charge in [0.2, 0.25) is 0 Å². The monoisotopic (exact) mass is 441 g/mol. The average Bonchev–Trinajstić information content (AvgIpc) is 2.82. The van der Waals surface area contributed by atoms with Crippen LogP contribution in [-0.2, 0) is 27.2 Å². The minimum Gasteiger partial charge on any atom is -0.480 e. The summed E-state index contributed by atoms with van der Waals surface area (Å²) in [4.78, 5) is 28.3. The number of aromatic nitrogens is 1. The number of carboxylic acid groups (broad SMARTS) is 1. The Hall–Kier alpha value is -2.97. The zero-order valence-electron chi connectivity index (χ0n) is 18.1. The fraction of sp³-hybridized carbons (Fsp3) is 0.458. The van der Waals surface area contributed by atoms with E-state index in [9.17, 15) is 19.8 Å². The van der Waals surface area contributed by atoms with E-state index in [1.54, 1.807) is 30.3 Å². The lowest BCUT2D eigenvalue weighted by molar-refractivity contribution is -0.144. The lowest BCUT2D eigenvalue weighted by Crippen LogP contribution is -2.43. The summed E-state index contributed by atoms with van der Waals surface area (Å²) in [5, 5.41) is 25.2. The van der Waals surface area contributed by atoms with Gasteiger partial charge in [-0.25, -0.2) is 9.78 Å². The summed E-state index contributed by atoms with van der Waals surface area (Å²) in [6.45, 7) is 1.69. The molecule has 0 spiro atoms. The number of hydrogen-bond donors (Lipinski definition) is 4. The fourth-order valence-corrected chi connectivity index (χ4v) is 3.62. The summed E-state index contributed by atoms with van der Waals surface area (Å²) < 4.78 is 5.56. The van der Waals surface area contributed by atoms with Gasteiger partial charge in [0.25, 0.3) is 5.91 Å². The Labute approximate surface area is 188 Å². The molecule has 32 heavy (non-hydrogen) atoms. The number of aryl methyl sites for hydroxylation is 2. The first-order valence-corrected chi connectivity index (χ1v) is 11.1. The Balaban J connectivity index is 1.32. The van der Waals surface area contributed by atoms with E-state index in [0.717, 1.165) is 50.2 Å². The third kappa shape index (κ3) is 7.03. The number of unbranched alkanes of at least 4 members (excludes halogenated alkanes) is 1. The number of carboxylic acids is 1. The Morgan fingerprint density at radius 3 is 2.72 bits per heavy atom. The quantitative estimate of drug-likeness (QED) is 0.373. The maximum atomic E-state index is 12.2. The molecule has 1 aliphatic heterocycles. The van der Waals surface area contributed by atoms with Gasteiger partial charge in [0.15, 0.2) is 6.10 Å². The zero-order valence-corrected chi connectivity index (χ0v) is 18.1. The van der Waals surface area contributed by atoms with E-state index in [0.29, 0.717) is 12.2 Å². The van der Waals surface area contributed by atoms with Crippen LogP contribution in [0.15, 0.2) is 42.5 Å². The number of aliphatic carboxylic acids is 1. The molecular formula is C24H31N3O5. The summed E-state index contributed by atoms with van der Waals surface area (Å²) in [6, 6.07) is 11.5. The van der Waals surface area contributed by atoms with Crippen molar-refractivity contribution >= 4 is 17.7 Å². The van der Waals surface area contributed by atoms with Gasteiger partial charge in [-0.1, -0.05) is 36.4 Å². The van der Waals surface area contributed by atoms with Gasteiger partial charge in [0.1, 0.15) is 11.9 Å². The van der Waals surface area contributed by atoms with E-state index < -0.39 is 24.0 Å². The predicted octanol–water partition coefficient (Wildman–Crippen LogP) is 2.47. The van der Waals surface area contributed by atoms with Gasteiger partial charge in [0, 0.05) is 31.9 Å². The third-order valence-electron chi connectivity index (χ3n) is 5.45. The van der Waals surface area contributed by atoms with E-state index in [1.807, 2.05) is 0 Å². The molecule has 1 aromatic heterocycles. The van der Waals surface area contributed by atoms with Crippen LogP contribution in [-0.4, -0.2) is 52.9 Å². The lowest BCUT2D eigenvalue weighted by atomic mass is 10.1. The molecule has 0 bridgehead atoms. The van der Waals surface area contributed by atoms with Gasteiger partial charge in [-0.3, -0.25) is 4.79 Å². The van der Waals surface area contributed by atoms with Crippen LogP contribution in [0.3, 0.4) is 0 Å². The van der Waals surface area contributed by atoms with Crippen LogP contribution in [0, 0.1) is 0 Å². The van der Waals surface area contributed by atoms with Gasteiger partial charge in [-0.05, 0) is 49.3 Å². The third-order valence-corrected chi connectivity index (χ3v) is 5.45. The first-order valence-electron chi connectivity index (χ1n) is 11.1. The molecule has 2 aromatic rings. The predicted molar refractivity (Wildman–Crippen MR) is 120 cm³/mol. The second kappa shape index (κ2) is 12.2. The number of nitrogens with zero attached hydrogens (tertiary/aromatic N) is 1. The number of pyridine rings is 1. The number of ether oxygens (including phenoxy) is 1. The number of carbonyl (C=O) groups excluding carboxylic acids is 1. The number of aliphatic hydroxyl groups excluding tert-OH is 1. The van der Waals surface area contributed by atoms with Crippen LogP contribution in [0.4, 0.5) is 5.82 Å². The molecule has 0 saturated heterocycles. The van der Waals surface area contributed by atoms with E-state index in [1.165, 1.54) is 5.56 Å². The molecule has 8 heteroatoms. The number of benzene rings is 1. The highest BCUT2D eigenvalue weighted by Gasteiger charge is 2.24. The van der Waals surface area contributed by atoms with Gasteiger partial charge in [0.05, 0.1) is 0 Å². The first kappa shape index (κ1) is 23.7. The second-order valence-corrected chi connectivity index (χ2v) is 7.91. The summed E-state index contributed by atoms with van der Waals surface area (Å²) in [7, 11) is 0. The molecule has 0 fully saturated rings. The number of hydrogen-bond acceptors (Lipinski definition) is 6. The van der Waals surface area contributed by atoms with Gasteiger partial charge in [-0.2, -0.15) is 0 Å². The maximum absolute atomic E-state index is 12.2. The minimum absolute atomic E-state index is 0.126. The second-order valence-electron chi connectivity index (χ2n) is 7.91. The largest absolute Gasteiger partial charge is 0.480 e. The Bertz CT molecular complexity index is 890. The van der Waals surface area contributed by atoms with Gasteiger partial charge in [-0.15, -0.1) is 0 Å². The van der Waals surface area contributed by atoms with Crippen LogP contribution >= 0.6 is 0 Å².